The largest absolute Gasteiger partial charge is 0.383 e. The molecule has 2 aromatic rings. The minimum absolute atomic E-state index is 0.385. The molecule has 1 aromatic heterocycles. The fourth-order valence-electron chi connectivity index (χ4n) is 1.87. The summed E-state index contributed by atoms with van der Waals surface area (Å²) in [6.45, 7) is 4.27. The Kier molecular flexibility index (Phi) is 2.65. The third kappa shape index (κ3) is 1.72. The van der Waals surface area contributed by atoms with E-state index in [0.717, 1.165) is 15.6 Å². The van der Waals surface area contributed by atoms with Gasteiger partial charge < -0.3 is 5.73 Å². The molecule has 0 radical (unpaired) electrons. The molecule has 0 aliphatic carbocycles. The van der Waals surface area contributed by atoms with Crippen LogP contribution in [0.5, 0.6) is 0 Å². The second kappa shape index (κ2) is 3.81. The number of anilines is 1. The molecule has 0 saturated heterocycles. The van der Waals surface area contributed by atoms with Crippen LogP contribution in [0.25, 0.3) is 10.8 Å². The van der Waals surface area contributed by atoms with Crippen LogP contribution in [0.15, 0.2) is 28.9 Å². The maximum atomic E-state index is 5.95. The van der Waals surface area contributed by atoms with E-state index in [4.69, 9.17) is 5.73 Å². The van der Waals surface area contributed by atoms with Crippen molar-refractivity contribution >= 4 is 32.5 Å². The van der Waals surface area contributed by atoms with Crippen molar-refractivity contribution in [2.75, 3.05) is 5.73 Å². The SMILES string of the molecule is CC(C)c1c(N)nc(Br)c2ccccc12. The summed E-state index contributed by atoms with van der Waals surface area (Å²) in [5.74, 6) is 1.01. The van der Waals surface area contributed by atoms with E-state index in [1.807, 2.05) is 12.1 Å². The molecule has 1 heterocycles. The van der Waals surface area contributed by atoms with E-state index in [0.29, 0.717) is 11.7 Å². The summed E-state index contributed by atoms with van der Waals surface area (Å²) in [6, 6.07) is 8.18. The van der Waals surface area contributed by atoms with Crippen molar-refractivity contribution in [2.45, 2.75) is 19.8 Å². The number of halogens is 1. The molecule has 0 spiro atoms. The van der Waals surface area contributed by atoms with Gasteiger partial charge in [0.1, 0.15) is 10.4 Å². The van der Waals surface area contributed by atoms with Crippen LogP contribution in [-0.2, 0) is 0 Å². The van der Waals surface area contributed by atoms with Crippen LogP contribution in [0.1, 0.15) is 25.3 Å². The summed E-state index contributed by atoms with van der Waals surface area (Å²) in [4.78, 5) is 4.32. The highest BCUT2D eigenvalue weighted by atomic mass is 79.9. The lowest BCUT2D eigenvalue weighted by Crippen LogP contribution is -2.01. The van der Waals surface area contributed by atoms with E-state index in [1.165, 1.54) is 5.39 Å². The monoisotopic (exact) mass is 264 g/mol. The normalized spacial score (nSPS) is 11.2. The lowest BCUT2D eigenvalue weighted by molar-refractivity contribution is 0.872. The molecule has 0 amide bonds. The standard InChI is InChI=1S/C12H13BrN2/c1-7(2)10-8-5-3-4-6-9(8)11(13)15-12(10)14/h3-7H,1-2H3,(H2,14,15). The first-order valence-electron chi connectivity index (χ1n) is 4.95. The van der Waals surface area contributed by atoms with Crippen LogP contribution in [-0.4, -0.2) is 4.98 Å². The lowest BCUT2D eigenvalue weighted by Gasteiger charge is -2.13. The second-order valence-corrected chi connectivity index (χ2v) is 4.65. The molecule has 2 nitrogen and oxygen atoms in total. The van der Waals surface area contributed by atoms with Gasteiger partial charge in [-0.05, 0) is 27.2 Å². The van der Waals surface area contributed by atoms with E-state index < -0.39 is 0 Å². The highest BCUT2D eigenvalue weighted by Gasteiger charge is 2.12. The van der Waals surface area contributed by atoms with Crippen LogP contribution in [0.4, 0.5) is 5.82 Å². The Bertz CT molecular complexity index is 506. The molecule has 0 aliphatic heterocycles. The summed E-state index contributed by atoms with van der Waals surface area (Å²) < 4.78 is 0.819. The van der Waals surface area contributed by atoms with Gasteiger partial charge in [0.2, 0.25) is 0 Å². The highest BCUT2D eigenvalue weighted by molar-refractivity contribution is 9.10. The second-order valence-electron chi connectivity index (χ2n) is 3.90. The molecule has 1 aromatic carbocycles. The zero-order valence-corrected chi connectivity index (χ0v) is 10.4. The molecular formula is C12H13BrN2. The van der Waals surface area contributed by atoms with Crippen molar-refractivity contribution in [2.24, 2.45) is 0 Å². The number of nitrogens with two attached hydrogens (primary N) is 1. The Morgan fingerprint density at radius 1 is 1.20 bits per heavy atom. The Hall–Kier alpha value is -1.09. The minimum atomic E-state index is 0.385. The van der Waals surface area contributed by atoms with Crippen molar-refractivity contribution in [1.82, 2.24) is 4.98 Å². The van der Waals surface area contributed by atoms with Crippen LogP contribution in [0, 0.1) is 0 Å². The number of fused-ring (bicyclic) bond motifs is 1. The van der Waals surface area contributed by atoms with Crippen LogP contribution >= 0.6 is 15.9 Å². The van der Waals surface area contributed by atoms with Gasteiger partial charge >= 0.3 is 0 Å². The van der Waals surface area contributed by atoms with Crippen LogP contribution in [0.3, 0.4) is 0 Å². The van der Waals surface area contributed by atoms with Gasteiger partial charge in [0.05, 0.1) is 0 Å². The number of rotatable bonds is 1. The van der Waals surface area contributed by atoms with Gasteiger partial charge in [-0.3, -0.25) is 0 Å². The third-order valence-corrected chi connectivity index (χ3v) is 3.12. The van der Waals surface area contributed by atoms with Gasteiger partial charge in [-0.1, -0.05) is 38.1 Å². The molecule has 2 rings (SSSR count). The van der Waals surface area contributed by atoms with Crippen molar-refractivity contribution in [3.63, 3.8) is 0 Å². The molecule has 0 aliphatic rings. The average Bonchev–Trinajstić information content (AvgIpc) is 2.17. The van der Waals surface area contributed by atoms with Crippen molar-refractivity contribution in [1.29, 1.82) is 0 Å². The first-order valence-corrected chi connectivity index (χ1v) is 5.74. The Labute approximate surface area is 97.6 Å². The van der Waals surface area contributed by atoms with E-state index in [9.17, 15) is 0 Å². The zero-order chi connectivity index (χ0) is 11.0. The number of hydrogen-bond acceptors (Lipinski definition) is 2. The molecule has 15 heavy (non-hydrogen) atoms. The Morgan fingerprint density at radius 3 is 2.40 bits per heavy atom. The maximum absolute atomic E-state index is 5.95. The smallest absolute Gasteiger partial charge is 0.128 e. The van der Waals surface area contributed by atoms with Crippen LogP contribution < -0.4 is 5.73 Å². The van der Waals surface area contributed by atoms with Gasteiger partial charge in [0, 0.05) is 10.9 Å². The summed E-state index contributed by atoms with van der Waals surface area (Å²) in [7, 11) is 0. The molecule has 3 heteroatoms. The van der Waals surface area contributed by atoms with E-state index in [2.05, 4.69) is 46.9 Å². The topological polar surface area (TPSA) is 38.9 Å². The average molecular weight is 265 g/mol. The lowest BCUT2D eigenvalue weighted by atomic mass is 9.98. The van der Waals surface area contributed by atoms with Gasteiger partial charge in [-0.15, -0.1) is 0 Å². The van der Waals surface area contributed by atoms with E-state index in [-0.39, 0.29) is 0 Å². The molecular weight excluding hydrogens is 252 g/mol. The molecule has 0 bridgehead atoms. The highest BCUT2D eigenvalue weighted by Crippen LogP contribution is 2.32. The number of benzene rings is 1. The van der Waals surface area contributed by atoms with Gasteiger partial charge in [0.25, 0.3) is 0 Å². The Balaban J connectivity index is 2.90. The van der Waals surface area contributed by atoms with Crippen molar-refractivity contribution in [3.8, 4) is 0 Å². The van der Waals surface area contributed by atoms with Crippen molar-refractivity contribution < 1.29 is 0 Å². The van der Waals surface area contributed by atoms with Gasteiger partial charge in [0.15, 0.2) is 0 Å². The number of pyridine rings is 1. The molecule has 78 valence electrons. The Morgan fingerprint density at radius 2 is 1.80 bits per heavy atom. The first-order chi connectivity index (χ1) is 7.11. The summed E-state index contributed by atoms with van der Waals surface area (Å²) in [6.07, 6.45) is 0. The number of hydrogen-bond donors (Lipinski definition) is 1. The van der Waals surface area contributed by atoms with Crippen LogP contribution in [0.2, 0.25) is 0 Å². The quantitative estimate of drug-likeness (QED) is 0.798. The maximum Gasteiger partial charge on any atom is 0.128 e. The number of aromatic nitrogens is 1. The fourth-order valence-corrected chi connectivity index (χ4v) is 2.41. The predicted octanol–water partition coefficient (Wildman–Crippen LogP) is 3.70. The van der Waals surface area contributed by atoms with Gasteiger partial charge in [-0.25, -0.2) is 4.98 Å². The predicted molar refractivity (Wildman–Crippen MR) is 67.9 cm³/mol. The fraction of sp³-hybridized carbons (Fsp3) is 0.250. The third-order valence-electron chi connectivity index (χ3n) is 2.51. The number of nitrogens with zero attached hydrogens (tertiary/aromatic N) is 1. The zero-order valence-electron chi connectivity index (χ0n) is 8.79. The molecule has 0 saturated carbocycles. The van der Waals surface area contributed by atoms with E-state index in [1.54, 1.807) is 0 Å². The summed E-state index contributed by atoms with van der Waals surface area (Å²) >= 11 is 3.44. The molecule has 0 fully saturated rings. The van der Waals surface area contributed by atoms with Gasteiger partial charge in [-0.2, -0.15) is 0 Å². The molecule has 2 N–H and O–H groups in total. The van der Waals surface area contributed by atoms with E-state index >= 15 is 0 Å². The summed E-state index contributed by atoms with van der Waals surface area (Å²) in [5.41, 5.74) is 7.08. The summed E-state index contributed by atoms with van der Waals surface area (Å²) in [5, 5.41) is 2.31. The van der Waals surface area contributed by atoms with Crippen molar-refractivity contribution in [3.05, 3.63) is 34.4 Å². The molecule has 0 unspecified atom stereocenters. The molecule has 0 atom stereocenters. The number of nitrogen functional groups attached to an aromatic ring is 1. The first kappa shape index (κ1) is 10.4. The minimum Gasteiger partial charge on any atom is -0.383 e.